The first-order valence-electron chi connectivity index (χ1n) is 8.84. The Kier molecular flexibility index (Phi) is 6.76. The van der Waals surface area contributed by atoms with Crippen LogP contribution < -0.4 is 5.32 Å². The third kappa shape index (κ3) is 4.60. The highest BCUT2D eigenvalue weighted by Crippen LogP contribution is 2.28. The van der Waals surface area contributed by atoms with Crippen molar-refractivity contribution in [1.29, 1.82) is 0 Å². The number of hydrogen-bond donors (Lipinski definition) is 1. The van der Waals surface area contributed by atoms with Crippen molar-refractivity contribution in [3.05, 3.63) is 17.4 Å². The molecule has 1 N–H and O–H groups in total. The summed E-state index contributed by atoms with van der Waals surface area (Å²) >= 11 is 0. The second-order valence-electron chi connectivity index (χ2n) is 7.24. The van der Waals surface area contributed by atoms with E-state index >= 15 is 0 Å². The van der Waals surface area contributed by atoms with E-state index in [0.717, 1.165) is 29.6 Å². The summed E-state index contributed by atoms with van der Waals surface area (Å²) in [6.45, 7) is 4.08. The molecule has 0 radical (unpaired) electrons. The number of aryl methyl sites for hydroxylation is 1. The van der Waals surface area contributed by atoms with E-state index < -0.39 is 10.0 Å². The van der Waals surface area contributed by atoms with Crippen LogP contribution >= 0.6 is 12.4 Å². The summed E-state index contributed by atoms with van der Waals surface area (Å²) in [6.07, 6.45) is 4.53. The van der Waals surface area contributed by atoms with Gasteiger partial charge in [0.2, 0.25) is 5.09 Å². The van der Waals surface area contributed by atoms with E-state index in [4.69, 9.17) is 4.42 Å². The Balaban J connectivity index is 0.00000243. The summed E-state index contributed by atoms with van der Waals surface area (Å²) in [5, 5.41) is 3.41. The molecular weight excluding hydrogens is 378 g/mol. The lowest BCUT2D eigenvalue weighted by atomic mass is 10.0. The van der Waals surface area contributed by atoms with Crippen molar-refractivity contribution >= 4 is 28.3 Å². The zero-order valence-electron chi connectivity index (χ0n) is 15.5. The number of halogens is 1. The highest BCUT2D eigenvalue weighted by molar-refractivity contribution is 7.88. The fraction of sp³-hybridized carbons (Fsp3) is 0.706. The number of nitrogens with zero attached hydrogens (tertiary/aromatic N) is 2. The molecule has 0 aromatic carbocycles. The van der Waals surface area contributed by atoms with E-state index in [1.807, 2.05) is 0 Å². The summed E-state index contributed by atoms with van der Waals surface area (Å²) in [5.74, 6) is 1.05. The molecule has 2 aliphatic rings. The largest absolute Gasteiger partial charge is 0.448 e. The van der Waals surface area contributed by atoms with Gasteiger partial charge < -0.3 is 14.6 Å². The van der Waals surface area contributed by atoms with Crippen molar-refractivity contribution in [1.82, 2.24) is 14.5 Å². The van der Waals surface area contributed by atoms with Crippen LogP contribution in [0, 0.1) is 12.8 Å². The van der Waals surface area contributed by atoms with Gasteiger partial charge in [0.05, 0.1) is 5.56 Å². The molecule has 3 rings (SSSR count). The first kappa shape index (κ1) is 21.2. The van der Waals surface area contributed by atoms with E-state index in [-0.39, 0.29) is 23.4 Å². The van der Waals surface area contributed by atoms with Gasteiger partial charge in [0.25, 0.3) is 15.9 Å². The van der Waals surface area contributed by atoms with Crippen molar-refractivity contribution in [2.24, 2.45) is 5.92 Å². The molecule has 1 aliphatic carbocycles. The summed E-state index contributed by atoms with van der Waals surface area (Å²) in [5.41, 5.74) is 0.338. The normalized spacial score (nSPS) is 18.8. The van der Waals surface area contributed by atoms with Gasteiger partial charge in [0.15, 0.2) is 0 Å². The van der Waals surface area contributed by atoms with Crippen LogP contribution in [0.5, 0.6) is 0 Å². The van der Waals surface area contributed by atoms with Gasteiger partial charge in [0.1, 0.15) is 5.76 Å². The van der Waals surface area contributed by atoms with Crippen LogP contribution in [0.3, 0.4) is 0 Å². The van der Waals surface area contributed by atoms with Gasteiger partial charge in [0, 0.05) is 39.3 Å². The maximum atomic E-state index is 12.8. The summed E-state index contributed by atoms with van der Waals surface area (Å²) < 4.78 is 30.8. The third-order valence-electron chi connectivity index (χ3n) is 5.03. The number of hydrogen-bond acceptors (Lipinski definition) is 5. The van der Waals surface area contributed by atoms with Crippen LogP contribution in [0.4, 0.5) is 0 Å². The number of piperidine rings is 1. The molecule has 2 fully saturated rings. The average molecular weight is 406 g/mol. The number of likely N-dealkylation sites (tertiary alicyclic amines) is 1. The van der Waals surface area contributed by atoms with E-state index in [1.54, 1.807) is 11.8 Å². The SMILES string of the molecule is Cc1oc(S(=O)(=O)N(C)C)cc1C(=O)N1CCC(NCC2CC2)CC1.Cl. The molecule has 148 valence electrons. The van der Waals surface area contributed by atoms with Crippen molar-refractivity contribution in [2.75, 3.05) is 33.7 Å². The average Bonchev–Trinajstić information content (AvgIpc) is 3.33. The zero-order chi connectivity index (χ0) is 18.2. The lowest BCUT2D eigenvalue weighted by Gasteiger charge is -2.32. The molecule has 9 heteroatoms. The molecule has 1 aromatic heterocycles. The number of carbonyl (C=O) groups is 1. The first-order valence-corrected chi connectivity index (χ1v) is 10.3. The molecule has 2 heterocycles. The minimum atomic E-state index is -3.68. The Hall–Kier alpha value is -1.09. The van der Waals surface area contributed by atoms with E-state index in [9.17, 15) is 13.2 Å². The predicted molar refractivity (Wildman–Crippen MR) is 101 cm³/mol. The number of amides is 1. The molecule has 1 aliphatic heterocycles. The van der Waals surface area contributed by atoms with Gasteiger partial charge in [-0.05, 0) is 45.1 Å². The summed E-state index contributed by atoms with van der Waals surface area (Å²) in [6, 6.07) is 1.82. The molecule has 1 saturated carbocycles. The van der Waals surface area contributed by atoms with Gasteiger partial charge in [-0.15, -0.1) is 12.4 Å². The third-order valence-corrected chi connectivity index (χ3v) is 6.71. The number of sulfonamides is 1. The van der Waals surface area contributed by atoms with Gasteiger partial charge in [-0.25, -0.2) is 12.7 Å². The molecule has 7 nitrogen and oxygen atoms in total. The molecule has 0 atom stereocenters. The second-order valence-corrected chi connectivity index (χ2v) is 9.32. The Morgan fingerprint density at radius 1 is 1.27 bits per heavy atom. The lowest BCUT2D eigenvalue weighted by Crippen LogP contribution is -2.45. The fourth-order valence-corrected chi connectivity index (χ4v) is 3.94. The van der Waals surface area contributed by atoms with Gasteiger partial charge in [-0.1, -0.05) is 0 Å². The van der Waals surface area contributed by atoms with Gasteiger partial charge in [-0.3, -0.25) is 4.79 Å². The predicted octanol–water partition coefficient (Wildman–Crippen LogP) is 1.86. The highest BCUT2D eigenvalue weighted by atomic mass is 35.5. The summed E-state index contributed by atoms with van der Waals surface area (Å²) in [7, 11) is -0.798. The fourth-order valence-electron chi connectivity index (χ4n) is 3.09. The molecule has 0 bridgehead atoms. The quantitative estimate of drug-likeness (QED) is 0.781. The maximum absolute atomic E-state index is 12.8. The molecule has 1 aromatic rings. The van der Waals surface area contributed by atoms with Gasteiger partial charge >= 0.3 is 0 Å². The second kappa shape index (κ2) is 8.29. The van der Waals surface area contributed by atoms with Gasteiger partial charge in [-0.2, -0.15) is 0 Å². The van der Waals surface area contributed by atoms with Crippen LogP contribution in [-0.4, -0.2) is 63.3 Å². The Morgan fingerprint density at radius 2 is 1.88 bits per heavy atom. The van der Waals surface area contributed by atoms with Crippen LogP contribution in [0.1, 0.15) is 41.8 Å². The Bertz CT molecular complexity index is 735. The Labute approximate surface area is 161 Å². The van der Waals surface area contributed by atoms with Crippen molar-refractivity contribution in [3.63, 3.8) is 0 Å². The van der Waals surface area contributed by atoms with Crippen LogP contribution in [0.25, 0.3) is 0 Å². The minimum absolute atomic E-state index is 0. The van der Waals surface area contributed by atoms with Crippen LogP contribution in [-0.2, 0) is 10.0 Å². The molecular formula is C17H28ClN3O4S. The minimum Gasteiger partial charge on any atom is -0.448 e. The van der Waals surface area contributed by atoms with E-state index in [1.165, 1.54) is 33.0 Å². The number of rotatable bonds is 6. The van der Waals surface area contributed by atoms with Crippen LogP contribution in [0.2, 0.25) is 0 Å². The number of carbonyl (C=O) groups excluding carboxylic acids is 1. The van der Waals surface area contributed by atoms with E-state index in [2.05, 4.69) is 5.32 Å². The molecule has 1 saturated heterocycles. The monoisotopic (exact) mass is 405 g/mol. The van der Waals surface area contributed by atoms with Crippen molar-refractivity contribution in [2.45, 2.75) is 43.7 Å². The zero-order valence-corrected chi connectivity index (χ0v) is 17.2. The Morgan fingerprint density at radius 3 is 2.42 bits per heavy atom. The van der Waals surface area contributed by atoms with Crippen molar-refractivity contribution in [3.8, 4) is 0 Å². The smallest absolute Gasteiger partial charge is 0.275 e. The topological polar surface area (TPSA) is 82.9 Å². The molecule has 1 amide bonds. The standard InChI is InChI=1S/C17H27N3O4S.ClH/c1-12-15(10-16(24-12)25(22,23)19(2)3)17(21)20-8-6-14(7-9-20)18-11-13-4-5-13;/h10,13-14,18H,4-9,11H2,1-3H3;1H. The molecule has 0 spiro atoms. The van der Waals surface area contributed by atoms with Crippen LogP contribution in [0.15, 0.2) is 15.6 Å². The number of nitrogens with one attached hydrogen (secondary N) is 1. The lowest BCUT2D eigenvalue weighted by molar-refractivity contribution is 0.0703. The van der Waals surface area contributed by atoms with E-state index in [0.29, 0.717) is 30.5 Å². The summed E-state index contributed by atoms with van der Waals surface area (Å²) in [4.78, 5) is 14.5. The molecule has 26 heavy (non-hydrogen) atoms. The van der Waals surface area contributed by atoms with Crippen molar-refractivity contribution < 1.29 is 17.6 Å². The molecule has 0 unspecified atom stereocenters. The highest BCUT2D eigenvalue weighted by Gasteiger charge is 2.30. The first-order chi connectivity index (χ1) is 11.8. The maximum Gasteiger partial charge on any atom is 0.275 e. The number of furan rings is 1.